The third-order valence-corrected chi connectivity index (χ3v) is 7.36. The van der Waals surface area contributed by atoms with Gasteiger partial charge < -0.3 is 14.5 Å². The number of benzene rings is 1. The molecule has 8 nitrogen and oxygen atoms in total. The molecule has 5 aromatic rings. The van der Waals surface area contributed by atoms with Gasteiger partial charge in [-0.1, -0.05) is 30.0 Å². The molecule has 4 heterocycles. The van der Waals surface area contributed by atoms with Crippen molar-refractivity contribution in [3.05, 3.63) is 82.7 Å². The van der Waals surface area contributed by atoms with Crippen LogP contribution < -0.4 is 15.6 Å². The number of aromatic nitrogens is 3. The van der Waals surface area contributed by atoms with Gasteiger partial charge in [0, 0.05) is 17.1 Å². The molecule has 5 rings (SSSR count). The zero-order valence-electron chi connectivity index (χ0n) is 18.9. The summed E-state index contributed by atoms with van der Waals surface area (Å²) in [6.07, 6.45) is 3.27. The van der Waals surface area contributed by atoms with Crippen molar-refractivity contribution in [2.45, 2.75) is 25.2 Å². The lowest BCUT2D eigenvalue weighted by Gasteiger charge is -2.15. The van der Waals surface area contributed by atoms with Gasteiger partial charge in [0.1, 0.15) is 21.0 Å². The summed E-state index contributed by atoms with van der Waals surface area (Å²) < 4.78 is 13.2. The van der Waals surface area contributed by atoms with Crippen LogP contribution in [0.5, 0.6) is 5.75 Å². The fraction of sp³-hybridized carbons (Fsp3) is 0.200. The highest BCUT2D eigenvalue weighted by Crippen LogP contribution is 2.31. The fourth-order valence-corrected chi connectivity index (χ4v) is 5.52. The highest BCUT2D eigenvalue weighted by atomic mass is 32.2. The van der Waals surface area contributed by atoms with Gasteiger partial charge in [0.15, 0.2) is 5.16 Å². The highest BCUT2D eigenvalue weighted by Gasteiger charge is 2.19. The van der Waals surface area contributed by atoms with Crippen molar-refractivity contribution in [3.63, 3.8) is 0 Å². The number of fused-ring (bicyclic) bond motifs is 3. The number of thiophene rings is 1. The molecular weight excluding hydrogens is 484 g/mol. The van der Waals surface area contributed by atoms with Crippen LogP contribution in [-0.4, -0.2) is 32.8 Å². The predicted molar refractivity (Wildman–Crippen MR) is 137 cm³/mol. The molecule has 0 saturated heterocycles. The van der Waals surface area contributed by atoms with Crippen molar-refractivity contribution in [2.24, 2.45) is 0 Å². The molecule has 0 atom stereocenters. The second-order valence-electron chi connectivity index (χ2n) is 7.61. The lowest BCUT2D eigenvalue weighted by molar-refractivity contribution is -0.118. The number of thioether (sulfide) groups is 1. The largest absolute Gasteiger partial charge is 0.494 e. The van der Waals surface area contributed by atoms with Crippen LogP contribution in [0.15, 0.2) is 75.4 Å². The Balaban J connectivity index is 1.50. The van der Waals surface area contributed by atoms with E-state index in [9.17, 15) is 9.59 Å². The molecular formula is C25H22N4O4S2. The minimum Gasteiger partial charge on any atom is -0.494 e. The van der Waals surface area contributed by atoms with Gasteiger partial charge in [0.2, 0.25) is 5.91 Å². The van der Waals surface area contributed by atoms with E-state index in [0.29, 0.717) is 40.0 Å². The van der Waals surface area contributed by atoms with Gasteiger partial charge in [-0.15, -0.1) is 11.3 Å². The summed E-state index contributed by atoms with van der Waals surface area (Å²) in [6.45, 7) is 3.01. The van der Waals surface area contributed by atoms with Gasteiger partial charge in [-0.3, -0.25) is 14.2 Å². The topological polar surface area (TPSA) is 99.2 Å². The van der Waals surface area contributed by atoms with Crippen LogP contribution in [0.2, 0.25) is 0 Å². The Kier molecular flexibility index (Phi) is 6.82. The first-order valence-corrected chi connectivity index (χ1v) is 12.8. The molecule has 0 saturated carbocycles. The maximum atomic E-state index is 13.7. The molecule has 0 unspecified atom stereocenters. The summed E-state index contributed by atoms with van der Waals surface area (Å²) in [4.78, 5) is 36.2. The van der Waals surface area contributed by atoms with E-state index in [1.54, 1.807) is 29.2 Å². The molecule has 10 heteroatoms. The second kappa shape index (κ2) is 10.3. The molecule has 1 amide bonds. The minimum atomic E-state index is -0.182. The fourth-order valence-electron chi connectivity index (χ4n) is 3.67. The van der Waals surface area contributed by atoms with Gasteiger partial charge in [0.25, 0.3) is 5.56 Å². The number of nitrogens with one attached hydrogen (secondary N) is 1. The quantitative estimate of drug-likeness (QED) is 0.233. The number of nitrogens with zero attached hydrogens (tertiary/aromatic N) is 3. The third kappa shape index (κ3) is 4.94. The SMILES string of the molecule is CCOc1ccccc1Cn1c(SCC(=O)NCc2ccco2)nc2c(sc3ncccc32)c1=O. The van der Waals surface area contributed by atoms with Crippen molar-refractivity contribution < 1.29 is 13.9 Å². The Bertz CT molecular complexity index is 1540. The van der Waals surface area contributed by atoms with Crippen LogP contribution in [0.1, 0.15) is 18.2 Å². The highest BCUT2D eigenvalue weighted by molar-refractivity contribution is 7.99. The van der Waals surface area contributed by atoms with Crippen LogP contribution in [0, 0.1) is 0 Å². The molecule has 4 aromatic heterocycles. The van der Waals surface area contributed by atoms with Crippen LogP contribution >= 0.6 is 23.1 Å². The maximum absolute atomic E-state index is 13.7. The molecule has 0 bridgehead atoms. The molecule has 178 valence electrons. The molecule has 0 spiro atoms. The first kappa shape index (κ1) is 23.1. The lowest BCUT2D eigenvalue weighted by Crippen LogP contribution is -2.26. The third-order valence-electron chi connectivity index (χ3n) is 5.29. The Morgan fingerprint density at radius 2 is 2.09 bits per heavy atom. The van der Waals surface area contributed by atoms with E-state index in [2.05, 4.69) is 10.3 Å². The lowest BCUT2D eigenvalue weighted by atomic mass is 10.2. The van der Waals surface area contributed by atoms with E-state index < -0.39 is 0 Å². The number of amides is 1. The number of furan rings is 1. The number of pyridine rings is 1. The standard InChI is InChI=1S/C25H22N4O4S2/c1-2-32-19-10-4-3-7-16(19)14-29-24(31)22-21(18-9-5-11-26-23(18)35-22)28-25(29)34-15-20(30)27-13-17-8-6-12-33-17/h3-12H,2,13-15H2,1H3,(H,27,30). The smallest absolute Gasteiger partial charge is 0.272 e. The van der Waals surface area contributed by atoms with Gasteiger partial charge in [-0.2, -0.15) is 0 Å². The number of hydrogen-bond donors (Lipinski definition) is 1. The van der Waals surface area contributed by atoms with Crippen LogP contribution in [-0.2, 0) is 17.9 Å². The molecule has 35 heavy (non-hydrogen) atoms. The molecule has 1 N–H and O–H groups in total. The monoisotopic (exact) mass is 506 g/mol. The van der Waals surface area contributed by atoms with Gasteiger partial charge >= 0.3 is 0 Å². The Hall–Kier alpha value is -3.63. The normalized spacial score (nSPS) is 11.2. The maximum Gasteiger partial charge on any atom is 0.272 e. The Labute approximate surface area is 209 Å². The summed E-state index contributed by atoms with van der Waals surface area (Å²) in [6, 6.07) is 14.9. The van der Waals surface area contributed by atoms with E-state index in [1.807, 2.05) is 43.3 Å². The zero-order valence-corrected chi connectivity index (χ0v) is 20.5. The summed E-state index contributed by atoms with van der Waals surface area (Å²) >= 11 is 2.55. The van der Waals surface area contributed by atoms with Crippen LogP contribution in [0.4, 0.5) is 0 Å². The van der Waals surface area contributed by atoms with Crippen LogP contribution in [0.25, 0.3) is 20.4 Å². The first-order chi connectivity index (χ1) is 17.1. The van der Waals surface area contributed by atoms with Crippen molar-refractivity contribution in [1.82, 2.24) is 19.9 Å². The predicted octanol–water partition coefficient (Wildman–Crippen LogP) is 4.45. The number of rotatable bonds is 9. The zero-order chi connectivity index (χ0) is 24.2. The van der Waals surface area contributed by atoms with Crippen LogP contribution in [0.3, 0.4) is 0 Å². The number of hydrogen-bond acceptors (Lipinski definition) is 8. The van der Waals surface area contributed by atoms with Gasteiger partial charge in [-0.05, 0) is 37.3 Å². The van der Waals surface area contributed by atoms with E-state index in [1.165, 1.54) is 23.1 Å². The minimum absolute atomic E-state index is 0.103. The molecule has 0 aliphatic carbocycles. The molecule has 0 aliphatic rings. The summed E-state index contributed by atoms with van der Waals surface area (Å²) in [5, 5.41) is 4.12. The first-order valence-electron chi connectivity index (χ1n) is 11.0. The summed E-state index contributed by atoms with van der Waals surface area (Å²) in [5.41, 5.74) is 1.31. The molecule has 0 radical (unpaired) electrons. The summed E-state index contributed by atoms with van der Waals surface area (Å²) in [5.74, 6) is 1.31. The van der Waals surface area contributed by atoms with Crippen molar-refractivity contribution >= 4 is 49.4 Å². The Morgan fingerprint density at radius 1 is 1.20 bits per heavy atom. The number of ether oxygens (including phenoxy) is 1. The summed E-state index contributed by atoms with van der Waals surface area (Å²) in [7, 11) is 0. The average molecular weight is 507 g/mol. The van der Waals surface area contributed by atoms with Gasteiger partial charge in [0.05, 0.1) is 37.2 Å². The Morgan fingerprint density at radius 3 is 2.91 bits per heavy atom. The van der Waals surface area contributed by atoms with Gasteiger partial charge in [-0.25, -0.2) is 9.97 Å². The van der Waals surface area contributed by atoms with E-state index >= 15 is 0 Å². The van der Waals surface area contributed by atoms with E-state index in [0.717, 1.165) is 15.8 Å². The molecule has 0 aliphatic heterocycles. The second-order valence-corrected chi connectivity index (χ2v) is 9.55. The number of para-hydroxylation sites is 1. The molecule has 0 fully saturated rings. The number of carbonyl (C=O) groups is 1. The van der Waals surface area contributed by atoms with Crippen molar-refractivity contribution in [2.75, 3.05) is 12.4 Å². The average Bonchev–Trinajstić information content (AvgIpc) is 3.53. The van der Waals surface area contributed by atoms with Crippen molar-refractivity contribution in [3.8, 4) is 5.75 Å². The van der Waals surface area contributed by atoms with E-state index in [4.69, 9.17) is 14.1 Å². The van der Waals surface area contributed by atoms with Crippen molar-refractivity contribution in [1.29, 1.82) is 0 Å². The molecule has 1 aromatic carbocycles. The van der Waals surface area contributed by atoms with E-state index in [-0.39, 0.29) is 23.8 Å². The number of carbonyl (C=O) groups excluding carboxylic acids is 1.